The number of Topliss-reactive ketones (excluding diaryl/α,β-unsaturated/α-hetero) is 2. The highest BCUT2D eigenvalue weighted by atomic mass is 19.4. The third kappa shape index (κ3) is 8.67. The van der Waals surface area contributed by atoms with Crippen molar-refractivity contribution in [3.63, 3.8) is 0 Å². The van der Waals surface area contributed by atoms with Crippen molar-refractivity contribution in [2.45, 2.75) is 44.9 Å². The maximum Gasteiger partial charge on any atom is 0.491 e. The van der Waals surface area contributed by atoms with Gasteiger partial charge in [-0.1, -0.05) is 0 Å². The van der Waals surface area contributed by atoms with Crippen molar-refractivity contribution in [1.82, 2.24) is 10.6 Å². The number of phenols is 1. The van der Waals surface area contributed by atoms with Crippen LogP contribution >= 0.6 is 0 Å². The van der Waals surface area contributed by atoms with E-state index in [1.54, 1.807) is 0 Å². The van der Waals surface area contributed by atoms with Crippen molar-refractivity contribution in [3.05, 3.63) is 23.8 Å². The molecule has 1 heterocycles. The van der Waals surface area contributed by atoms with Crippen LogP contribution in [0.1, 0.15) is 43.0 Å². The van der Waals surface area contributed by atoms with Gasteiger partial charge in [0.15, 0.2) is 23.1 Å². The molecule has 0 aromatic heterocycles. The molecule has 0 spiro atoms. The predicted molar refractivity (Wildman–Crippen MR) is 113 cm³/mol. The molecule has 1 saturated heterocycles. The molecule has 1 unspecified atom stereocenters. The average molecular weight is 502 g/mol. The summed E-state index contributed by atoms with van der Waals surface area (Å²) in [5.74, 6) is -7.64. The highest BCUT2D eigenvalue weighted by molar-refractivity contribution is 6.05. The van der Waals surface area contributed by atoms with E-state index in [1.807, 2.05) is 0 Å². The molecule has 35 heavy (non-hydrogen) atoms. The van der Waals surface area contributed by atoms with Crippen molar-refractivity contribution in [3.8, 4) is 11.5 Å². The number of hydrogen-bond acceptors (Lipinski definition) is 9. The number of carbonyl (C=O) groups is 5. The number of ketones is 2. The number of benzene rings is 1. The molecular formula is C22H25F3N2O8. The zero-order valence-corrected chi connectivity index (χ0v) is 18.8. The summed E-state index contributed by atoms with van der Waals surface area (Å²) in [6.45, 7) is 2.21. The Balaban J connectivity index is 1.98. The van der Waals surface area contributed by atoms with Gasteiger partial charge in [-0.3, -0.25) is 14.4 Å². The standard InChI is InChI=1S/C22H25F3N2O8/c1-12(28)19(20(32)35-21(33)22(23,24)25)34-17-10-14(3-4-15(17)29)16(30)11-27-18(31)5-2-13-6-8-26-9-7-13/h3-4,10,13,19,26,29H,2,5-9,11H2,1H3,(H,27,31). The van der Waals surface area contributed by atoms with Gasteiger partial charge in [-0.25, -0.2) is 9.59 Å². The van der Waals surface area contributed by atoms with Gasteiger partial charge in [-0.2, -0.15) is 13.2 Å². The van der Waals surface area contributed by atoms with E-state index in [0.717, 1.165) is 45.0 Å². The molecule has 3 N–H and O–H groups in total. The first-order valence-electron chi connectivity index (χ1n) is 10.7. The summed E-state index contributed by atoms with van der Waals surface area (Å²) >= 11 is 0. The maximum atomic E-state index is 12.4. The Kier molecular flexibility index (Phi) is 9.75. The summed E-state index contributed by atoms with van der Waals surface area (Å²) in [5, 5.41) is 15.6. The van der Waals surface area contributed by atoms with Crippen LogP contribution in [-0.2, 0) is 23.9 Å². The lowest BCUT2D eigenvalue weighted by molar-refractivity contribution is -0.203. The summed E-state index contributed by atoms with van der Waals surface area (Å²) in [5.41, 5.74) is -0.0847. The fourth-order valence-electron chi connectivity index (χ4n) is 3.28. The zero-order valence-electron chi connectivity index (χ0n) is 18.8. The third-order valence-corrected chi connectivity index (χ3v) is 5.22. The molecule has 13 heteroatoms. The van der Waals surface area contributed by atoms with Crippen LogP contribution < -0.4 is 15.4 Å². The van der Waals surface area contributed by atoms with E-state index in [0.29, 0.717) is 12.3 Å². The van der Waals surface area contributed by atoms with Crippen LogP contribution in [0.15, 0.2) is 18.2 Å². The van der Waals surface area contributed by atoms with E-state index in [1.165, 1.54) is 6.07 Å². The van der Waals surface area contributed by atoms with Crippen LogP contribution in [0, 0.1) is 5.92 Å². The molecule has 1 atom stereocenters. The summed E-state index contributed by atoms with van der Waals surface area (Å²) in [4.78, 5) is 58.9. The summed E-state index contributed by atoms with van der Waals surface area (Å²) in [7, 11) is 0. The second kappa shape index (κ2) is 12.3. The number of phenolic OH excluding ortho intramolecular Hbond substituents is 1. The van der Waals surface area contributed by atoms with E-state index >= 15 is 0 Å². The van der Waals surface area contributed by atoms with Crippen LogP contribution in [0.5, 0.6) is 11.5 Å². The summed E-state index contributed by atoms with van der Waals surface area (Å²) in [6.07, 6.45) is -4.90. The van der Waals surface area contributed by atoms with Crippen molar-refractivity contribution in [2.75, 3.05) is 19.6 Å². The van der Waals surface area contributed by atoms with Crippen molar-refractivity contribution in [2.24, 2.45) is 5.92 Å². The SMILES string of the molecule is CC(=O)C(Oc1cc(C(=O)CNC(=O)CCC2CCNCC2)ccc1O)C(=O)OC(=O)C(F)(F)F. The summed E-state index contributed by atoms with van der Waals surface area (Å²) < 4.78 is 45.5. The fourth-order valence-corrected chi connectivity index (χ4v) is 3.28. The molecule has 0 saturated carbocycles. The van der Waals surface area contributed by atoms with E-state index in [9.17, 15) is 42.3 Å². The lowest BCUT2D eigenvalue weighted by atomic mass is 9.93. The molecule has 1 fully saturated rings. The third-order valence-electron chi connectivity index (χ3n) is 5.22. The van der Waals surface area contributed by atoms with Gasteiger partial charge in [0, 0.05) is 12.0 Å². The van der Waals surface area contributed by atoms with E-state index in [2.05, 4.69) is 15.4 Å². The topological polar surface area (TPSA) is 148 Å². The largest absolute Gasteiger partial charge is 0.504 e. The minimum absolute atomic E-state index is 0.0847. The molecule has 10 nitrogen and oxygen atoms in total. The predicted octanol–water partition coefficient (Wildman–Crippen LogP) is 1.44. The number of hydrogen-bond donors (Lipinski definition) is 3. The Morgan fingerprint density at radius 1 is 1.17 bits per heavy atom. The number of amides is 1. The Morgan fingerprint density at radius 3 is 2.43 bits per heavy atom. The molecule has 1 aliphatic heterocycles. The van der Waals surface area contributed by atoms with E-state index in [-0.39, 0.29) is 24.4 Å². The van der Waals surface area contributed by atoms with Crippen LogP contribution in [0.4, 0.5) is 13.2 Å². The molecule has 2 rings (SSSR count). The van der Waals surface area contributed by atoms with E-state index in [4.69, 9.17) is 4.74 Å². The zero-order chi connectivity index (χ0) is 26.2. The minimum atomic E-state index is -5.48. The van der Waals surface area contributed by atoms with Gasteiger partial charge in [0.2, 0.25) is 5.91 Å². The van der Waals surface area contributed by atoms with Crippen molar-refractivity contribution in [1.29, 1.82) is 0 Å². The molecule has 1 aromatic carbocycles. The fraction of sp³-hybridized carbons (Fsp3) is 0.500. The van der Waals surface area contributed by atoms with Crippen LogP contribution in [0.3, 0.4) is 0 Å². The normalized spacial score (nSPS) is 15.1. The molecule has 1 aromatic rings. The second-order valence-electron chi connectivity index (χ2n) is 7.93. The van der Waals surface area contributed by atoms with Crippen LogP contribution in [-0.4, -0.2) is 66.4 Å². The maximum absolute atomic E-state index is 12.4. The number of halogens is 3. The lowest BCUT2D eigenvalue weighted by Crippen LogP contribution is -2.39. The number of aromatic hydroxyl groups is 1. The Hall–Kier alpha value is -3.48. The van der Waals surface area contributed by atoms with Crippen LogP contribution in [0.2, 0.25) is 0 Å². The second-order valence-corrected chi connectivity index (χ2v) is 7.93. The first-order valence-corrected chi connectivity index (χ1v) is 10.7. The van der Waals surface area contributed by atoms with Crippen molar-refractivity contribution < 1.29 is 51.7 Å². The van der Waals surface area contributed by atoms with Gasteiger partial charge in [-0.15, -0.1) is 0 Å². The number of alkyl halides is 3. The monoisotopic (exact) mass is 502 g/mol. The number of rotatable bonds is 10. The number of piperidine rings is 1. The molecule has 192 valence electrons. The molecule has 0 bridgehead atoms. The minimum Gasteiger partial charge on any atom is -0.504 e. The lowest BCUT2D eigenvalue weighted by Gasteiger charge is -2.22. The average Bonchev–Trinajstić information content (AvgIpc) is 2.80. The number of carbonyl (C=O) groups excluding carboxylic acids is 5. The van der Waals surface area contributed by atoms with E-state index < -0.39 is 47.3 Å². The van der Waals surface area contributed by atoms with Gasteiger partial charge in [-0.05, 0) is 63.4 Å². The van der Waals surface area contributed by atoms with Gasteiger partial charge < -0.3 is 25.2 Å². The Labute approximate surface area is 198 Å². The van der Waals surface area contributed by atoms with Gasteiger partial charge in [0.25, 0.3) is 6.10 Å². The van der Waals surface area contributed by atoms with Gasteiger partial charge >= 0.3 is 18.1 Å². The highest BCUT2D eigenvalue weighted by Crippen LogP contribution is 2.29. The molecule has 0 aliphatic carbocycles. The number of nitrogens with one attached hydrogen (secondary N) is 2. The first kappa shape index (κ1) is 27.8. The van der Waals surface area contributed by atoms with Gasteiger partial charge in [0.05, 0.1) is 6.54 Å². The molecule has 1 amide bonds. The Morgan fingerprint density at radius 2 is 1.83 bits per heavy atom. The van der Waals surface area contributed by atoms with Crippen LogP contribution in [0.25, 0.3) is 0 Å². The number of esters is 2. The quantitative estimate of drug-likeness (QED) is 0.246. The molecule has 0 radical (unpaired) electrons. The first-order chi connectivity index (χ1) is 16.4. The number of ether oxygens (including phenoxy) is 2. The molecular weight excluding hydrogens is 477 g/mol. The van der Waals surface area contributed by atoms with Gasteiger partial charge in [0.1, 0.15) is 0 Å². The molecule has 1 aliphatic rings. The highest BCUT2D eigenvalue weighted by Gasteiger charge is 2.44. The summed E-state index contributed by atoms with van der Waals surface area (Å²) in [6, 6.07) is 3.11. The Bertz CT molecular complexity index is 974. The van der Waals surface area contributed by atoms with Crippen molar-refractivity contribution >= 4 is 29.4 Å². The smallest absolute Gasteiger partial charge is 0.491 e.